The first-order valence-electron chi connectivity index (χ1n) is 12.0. The lowest BCUT2D eigenvalue weighted by Gasteiger charge is -2.11. The number of aliphatic hydroxyl groups excluding tert-OH is 1. The van der Waals surface area contributed by atoms with Crippen LogP contribution in [0.1, 0.15) is 17.5 Å². The second-order valence-corrected chi connectivity index (χ2v) is 10.1. The fraction of sp³-hybridized carbons (Fsp3) is 0.462. The highest BCUT2D eigenvalue weighted by Gasteiger charge is 2.22. The Morgan fingerprint density at radius 3 is 1.67 bits per heavy atom. The number of hydrogen-bond acceptors (Lipinski definition) is 13. The first-order chi connectivity index (χ1) is 18.9. The van der Waals surface area contributed by atoms with Crippen molar-refractivity contribution in [1.82, 2.24) is 11.0 Å². The molecule has 1 unspecified atom stereocenters. The number of hydroxylamine groups is 2. The first kappa shape index (κ1) is 32.4. The number of nitrogens with one attached hydrogen (secondary N) is 2. The Labute approximate surface area is 237 Å². The SMILES string of the molecule is COc1ccc(CSCCNOC(=O)CC(O)C(=O)ONCCSCc2ccc(OC)c(OC)c2)cc1OC. The summed E-state index contributed by atoms with van der Waals surface area (Å²) < 4.78 is 21.0. The third-order valence-electron chi connectivity index (χ3n) is 5.12. The molecule has 1 atom stereocenters. The van der Waals surface area contributed by atoms with Crippen molar-refractivity contribution in [3.05, 3.63) is 47.5 Å². The summed E-state index contributed by atoms with van der Waals surface area (Å²) in [7, 11) is 6.34. The minimum atomic E-state index is -1.63. The molecule has 3 N–H and O–H groups in total. The number of rotatable bonds is 19. The molecule has 0 bridgehead atoms. The van der Waals surface area contributed by atoms with Crippen LogP contribution in [0, 0.1) is 0 Å². The lowest BCUT2D eigenvalue weighted by molar-refractivity contribution is -0.167. The van der Waals surface area contributed by atoms with E-state index in [0.717, 1.165) is 22.6 Å². The van der Waals surface area contributed by atoms with Gasteiger partial charge in [-0.1, -0.05) is 12.1 Å². The van der Waals surface area contributed by atoms with E-state index in [1.165, 1.54) is 0 Å². The van der Waals surface area contributed by atoms with Crippen LogP contribution in [0.4, 0.5) is 0 Å². The van der Waals surface area contributed by atoms with Gasteiger partial charge in [0.05, 0.1) is 34.9 Å². The molecule has 216 valence electrons. The van der Waals surface area contributed by atoms with E-state index < -0.39 is 24.5 Å². The van der Waals surface area contributed by atoms with Crippen LogP contribution in [0.15, 0.2) is 36.4 Å². The summed E-state index contributed by atoms with van der Waals surface area (Å²) in [5.74, 6) is 3.72. The van der Waals surface area contributed by atoms with E-state index in [0.29, 0.717) is 47.6 Å². The maximum Gasteiger partial charge on any atom is 0.354 e. The topological polar surface area (TPSA) is 134 Å². The maximum atomic E-state index is 11.9. The minimum Gasteiger partial charge on any atom is -0.493 e. The Bertz CT molecular complexity index is 1040. The van der Waals surface area contributed by atoms with Crippen LogP contribution in [0.3, 0.4) is 0 Å². The molecule has 13 heteroatoms. The van der Waals surface area contributed by atoms with Crippen LogP contribution in [-0.4, -0.2) is 76.2 Å². The van der Waals surface area contributed by atoms with E-state index in [9.17, 15) is 14.7 Å². The van der Waals surface area contributed by atoms with E-state index in [-0.39, 0.29) is 0 Å². The average Bonchev–Trinajstić information content (AvgIpc) is 2.95. The molecule has 0 radical (unpaired) electrons. The summed E-state index contributed by atoms with van der Waals surface area (Å²) in [5.41, 5.74) is 7.17. The van der Waals surface area contributed by atoms with Gasteiger partial charge in [-0.15, -0.1) is 0 Å². The number of hydrogen-bond donors (Lipinski definition) is 3. The lowest BCUT2D eigenvalue weighted by Crippen LogP contribution is -2.33. The third kappa shape index (κ3) is 11.8. The fourth-order valence-electron chi connectivity index (χ4n) is 3.15. The molecule has 0 saturated heterocycles. The van der Waals surface area contributed by atoms with Crippen molar-refractivity contribution in [2.45, 2.75) is 24.0 Å². The molecule has 2 aromatic rings. The molecule has 0 spiro atoms. The van der Waals surface area contributed by atoms with Crippen molar-refractivity contribution in [3.8, 4) is 23.0 Å². The van der Waals surface area contributed by atoms with E-state index in [2.05, 4.69) is 11.0 Å². The Morgan fingerprint density at radius 2 is 1.21 bits per heavy atom. The average molecular weight is 585 g/mol. The van der Waals surface area contributed by atoms with Crippen LogP contribution in [0.2, 0.25) is 0 Å². The van der Waals surface area contributed by atoms with Crippen molar-refractivity contribution >= 4 is 35.5 Å². The molecule has 0 aliphatic carbocycles. The summed E-state index contributed by atoms with van der Waals surface area (Å²) in [6.07, 6.45) is -2.16. The molecule has 0 aliphatic rings. The van der Waals surface area contributed by atoms with Gasteiger partial charge in [-0.05, 0) is 35.4 Å². The van der Waals surface area contributed by atoms with Gasteiger partial charge in [-0.2, -0.15) is 34.5 Å². The van der Waals surface area contributed by atoms with Gasteiger partial charge < -0.3 is 33.7 Å². The Hall–Kier alpha value is -2.84. The largest absolute Gasteiger partial charge is 0.493 e. The van der Waals surface area contributed by atoms with E-state index in [4.69, 9.17) is 28.6 Å². The van der Waals surface area contributed by atoms with Gasteiger partial charge in [0.15, 0.2) is 29.1 Å². The normalized spacial score (nSPS) is 11.4. The highest BCUT2D eigenvalue weighted by molar-refractivity contribution is 7.98. The van der Waals surface area contributed by atoms with Gasteiger partial charge in [0.2, 0.25) is 0 Å². The summed E-state index contributed by atoms with van der Waals surface area (Å²) in [6, 6.07) is 11.4. The standard InChI is InChI=1S/C26H36N2O9S2/c1-32-21-7-5-18(13-23(21)34-3)16-38-11-9-27-36-25(30)15-20(29)26(31)37-28-10-12-39-17-19-6-8-22(33-2)24(14-19)35-4/h5-8,13-14,20,27-29H,9-12,15-17H2,1-4H3. The quantitative estimate of drug-likeness (QED) is 0.165. The van der Waals surface area contributed by atoms with Crippen molar-refractivity contribution < 1.29 is 43.3 Å². The Balaban J connectivity index is 1.52. The minimum absolute atomic E-state index is 0.364. The molecule has 2 rings (SSSR count). The summed E-state index contributed by atoms with van der Waals surface area (Å²) in [6.45, 7) is 0.760. The van der Waals surface area contributed by atoms with E-state index in [1.807, 2.05) is 36.4 Å². The van der Waals surface area contributed by atoms with E-state index in [1.54, 1.807) is 52.0 Å². The molecular formula is C26H36N2O9S2. The number of carbonyl (C=O) groups excluding carboxylic acids is 2. The molecule has 0 heterocycles. The Morgan fingerprint density at radius 1 is 0.744 bits per heavy atom. The first-order valence-corrected chi connectivity index (χ1v) is 14.3. The molecule has 0 amide bonds. The molecule has 11 nitrogen and oxygen atoms in total. The van der Waals surface area contributed by atoms with Crippen molar-refractivity contribution in [3.63, 3.8) is 0 Å². The second kappa shape index (κ2) is 18.4. The lowest BCUT2D eigenvalue weighted by atomic mass is 10.2. The number of thioether (sulfide) groups is 2. The van der Waals surface area contributed by atoms with Crippen molar-refractivity contribution in [1.29, 1.82) is 0 Å². The molecule has 0 fully saturated rings. The number of benzene rings is 2. The predicted octanol–water partition coefficient (Wildman–Crippen LogP) is 2.73. The van der Waals surface area contributed by atoms with Crippen LogP contribution < -0.4 is 29.9 Å². The molecule has 0 aliphatic heterocycles. The van der Waals surface area contributed by atoms with Gasteiger partial charge in [0, 0.05) is 36.1 Å². The van der Waals surface area contributed by atoms with Crippen molar-refractivity contribution in [2.75, 3.05) is 53.0 Å². The predicted molar refractivity (Wildman–Crippen MR) is 150 cm³/mol. The number of methoxy groups -OCH3 is 4. The maximum absolute atomic E-state index is 11.9. The van der Waals surface area contributed by atoms with Crippen LogP contribution in [-0.2, 0) is 30.8 Å². The molecular weight excluding hydrogens is 548 g/mol. The number of carbonyl (C=O) groups is 2. The van der Waals surface area contributed by atoms with Gasteiger partial charge in [-0.3, -0.25) is 4.79 Å². The van der Waals surface area contributed by atoms with Crippen molar-refractivity contribution in [2.24, 2.45) is 0 Å². The van der Waals surface area contributed by atoms with Gasteiger partial charge in [-0.25, -0.2) is 4.79 Å². The van der Waals surface area contributed by atoms with Crippen LogP contribution in [0.5, 0.6) is 23.0 Å². The summed E-state index contributed by atoms with van der Waals surface area (Å²) in [5, 5.41) is 9.88. The molecule has 0 aromatic heterocycles. The summed E-state index contributed by atoms with van der Waals surface area (Å²) in [4.78, 5) is 33.4. The van der Waals surface area contributed by atoms with Crippen LogP contribution in [0.25, 0.3) is 0 Å². The van der Waals surface area contributed by atoms with Gasteiger partial charge in [0.25, 0.3) is 0 Å². The fourth-order valence-corrected chi connectivity index (χ4v) is 4.73. The highest BCUT2D eigenvalue weighted by Crippen LogP contribution is 2.30. The smallest absolute Gasteiger partial charge is 0.354 e. The molecule has 39 heavy (non-hydrogen) atoms. The highest BCUT2D eigenvalue weighted by atomic mass is 32.2. The number of aliphatic hydroxyl groups is 1. The monoisotopic (exact) mass is 584 g/mol. The van der Waals surface area contributed by atoms with Gasteiger partial charge >= 0.3 is 11.9 Å². The zero-order chi connectivity index (χ0) is 28.5. The Kier molecular flexibility index (Phi) is 15.3. The van der Waals surface area contributed by atoms with Crippen LogP contribution >= 0.6 is 23.5 Å². The van der Waals surface area contributed by atoms with Gasteiger partial charge in [0.1, 0.15) is 0 Å². The zero-order valence-electron chi connectivity index (χ0n) is 22.5. The molecule has 0 saturated carbocycles. The zero-order valence-corrected chi connectivity index (χ0v) is 24.2. The second-order valence-electron chi connectivity index (χ2n) is 7.89. The summed E-state index contributed by atoms with van der Waals surface area (Å²) >= 11 is 3.25. The third-order valence-corrected chi connectivity index (χ3v) is 7.18. The molecule has 2 aromatic carbocycles. The number of ether oxygens (including phenoxy) is 4. The van der Waals surface area contributed by atoms with E-state index >= 15 is 0 Å².